The number of piperidine rings is 1. The average molecular weight is 291 g/mol. The van der Waals surface area contributed by atoms with E-state index in [0.29, 0.717) is 12.0 Å². The summed E-state index contributed by atoms with van der Waals surface area (Å²) in [4.78, 5) is 12.5. The predicted molar refractivity (Wildman–Crippen MR) is 81.4 cm³/mol. The summed E-state index contributed by atoms with van der Waals surface area (Å²) < 4.78 is 7.55. The van der Waals surface area contributed by atoms with Crippen LogP contribution in [0.4, 0.5) is 0 Å². The Labute approximate surface area is 126 Å². The number of hydrogen-bond acceptors (Lipinski definition) is 3. The van der Waals surface area contributed by atoms with E-state index >= 15 is 0 Å². The molecule has 0 bridgehead atoms. The summed E-state index contributed by atoms with van der Waals surface area (Å²) >= 11 is 0. The summed E-state index contributed by atoms with van der Waals surface area (Å²) in [6.07, 6.45) is 5.24. The van der Waals surface area contributed by atoms with Gasteiger partial charge in [0, 0.05) is 30.8 Å². The molecule has 0 spiro atoms. The second-order valence-electron chi connectivity index (χ2n) is 6.17. The van der Waals surface area contributed by atoms with Crippen molar-refractivity contribution in [2.24, 2.45) is 5.92 Å². The Balaban J connectivity index is 1.65. The summed E-state index contributed by atoms with van der Waals surface area (Å²) in [6.45, 7) is 5.71. The van der Waals surface area contributed by atoms with E-state index in [-0.39, 0.29) is 11.9 Å². The molecule has 2 aliphatic rings. The number of amides is 1. The molecule has 0 saturated carbocycles. The van der Waals surface area contributed by atoms with Crippen LogP contribution in [0.3, 0.4) is 0 Å². The van der Waals surface area contributed by atoms with Crippen LogP contribution in [-0.4, -0.2) is 42.8 Å². The SMILES string of the molecule is CC(NC(=O)c1cccn1C1CCNCC1)C1CCOC1. The normalized spacial score (nSPS) is 24.9. The van der Waals surface area contributed by atoms with Gasteiger partial charge >= 0.3 is 0 Å². The minimum Gasteiger partial charge on any atom is -0.381 e. The minimum absolute atomic E-state index is 0.0398. The van der Waals surface area contributed by atoms with Gasteiger partial charge in [-0.25, -0.2) is 0 Å². The summed E-state index contributed by atoms with van der Waals surface area (Å²) in [6, 6.07) is 4.50. The molecule has 2 saturated heterocycles. The van der Waals surface area contributed by atoms with E-state index in [2.05, 4.69) is 22.1 Å². The standard InChI is InChI=1S/C16H25N3O2/c1-12(13-6-10-21-11-13)18-16(20)15-3-2-9-19(15)14-4-7-17-8-5-14/h2-3,9,12-14,17H,4-8,10-11H2,1H3,(H,18,20). The van der Waals surface area contributed by atoms with Gasteiger partial charge in [-0.1, -0.05) is 0 Å². The largest absolute Gasteiger partial charge is 0.381 e. The van der Waals surface area contributed by atoms with Crippen LogP contribution in [0.15, 0.2) is 18.3 Å². The molecule has 5 heteroatoms. The highest BCUT2D eigenvalue weighted by Crippen LogP contribution is 2.22. The molecule has 0 aromatic carbocycles. The Morgan fingerprint density at radius 1 is 1.43 bits per heavy atom. The van der Waals surface area contributed by atoms with Gasteiger partial charge in [0.15, 0.2) is 0 Å². The molecule has 2 aliphatic heterocycles. The second kappa shape index (κ2) is 6.62. The fourth-order valence-electron chi connectivity index (χ4n) is 3.34. The van der Waals surface area contributed by atoms with Gasteiger partial charge in [0.25, 0.3) is 5.91 Å². The van der Waals surface area contributed by atoms with Crippen LogP contribution in [-0.2, 0) is 4.74 Å². The highest BCUT2D eigenvalue weighted by Gasteiger charge is 2.25. The fourth-order valence-corrected chi connectivity index (χ4v) is 3.34. The number of carbonyl (C=O) groups is 1. The van der Waals surface area contributed by atoms with Crippen molar-refractivity contribution < 1.29 is 9.53 Å². The molecule has 0 radical (unpaired) electrons. The summed E-state index contributed by atoms with van der Waals surface area (Å²) in [5, 5.41) is 6.52. The molecule has 2 unspecified atom stereocenters. The van der Waals surface area contributed by atoms with Crippen LogP contribution in [0, 0.1) is 5.92 Å². The molecule has 2 N–H and O–H groups in total. The Morgan fingerprint density at radius 2 is 2.24 bits per heavy atom. The van der Waals surface area contributed by atoms with Crippen molar-refractivity contribution in [2.45, 2.75) is 38.3 Å². The van der Waals surface area contributed by atoms with Crippen molar-refractivity contribution in [1.29, 1.82) is 0 Å². The predicted octanol–water partition coefficient (Wildman–Crippen LogP) is 1.57. The van der Waals surface area contributed by atoms with Gasteiger partial charge in [0.1, 0.15) is 5.69 Å². The van der Waals surface area contributed by atoms with Crippen LogP contribution in [0.1, 0.15) is 42.7 Å². The quantitative estimate of drug-likeness (QED) is 0.885. The third-order valence-electron chi connectivity index (χ3n) is 4.74. The molecule has 116 valence electrons. The van der Waals surface area contributed by atoms with E-state index in [4.69, 9.17) is 4.74 Å². The van der Waals surface area contributed by atoms with Crippen molar-refractivity contribution in [3.05, 3.63) is 24.0 Å². The van der Waals surface area contributed by atoms with Crippen molar-refractivity contribution in [3.63, 3.8) is 0 Å². The number of hydrogen-bond donors (Lipinski definition) is 2. The molecule has 1 aromatic heterocycles. The zero-order valence-electron chi connectivity index (χ0n) is 12.7. The van der Waals surface area contributed by atoms with E-state index < -0.39 is 0 Å². The number of rotatable bonds is 4. The Bertz CT molecular complexity index is 474. The maximum atomic E-state index is 12.5. The molecule has 3 heterocycles. The molecule has 0 aliphatic carbocycles. The number of nitrogens with one attached hydrogen (secondary N) is 2. The maximum Gasteiger partial charge on any atom is 0.268 e. The van der Waals surface area contributed by atoms with Crippen LogP contribution in [0.5, 0.6) is 0 Å². The Hall–Kier alpha value is -1.33. The Kier molecular flexibility index (Phi) is 4.60. The first-order chi connectivity index (χ1) is 10.3. The molecule has 21 heavy (non-hydrogen) atoms. The highest BCUT2D eigenvalue weighted by molar-refractivity contribution is 5.93. The maximum absolute atomic E-state index is 12.5. The summed E-state index contributed by atoms with van der Waals surface area (Å²) in [5.74, 6) is 0.481. The summed E-state index contributed by atoms with van der Waals surface area (Å²) in [5.41, 5.74) is 0.785. The van der Waals surface area contributed by atoms with Gasteiger partial charge in [0.05, 0.1) is 6.61 Å². The first kappa shape index (κ1) is 14.6. The Morgan fingerprint density at radius 3 is 2.95 bits per heavy atom. The van der Waals surface area contributed by atoms with Crippen molar-refractivity contribution in [3.8, 4) is 0 Å². The zero-order chi connectivity index (χ0) is 14.7. The lowest BCUT2D eigenvalue weighted by Gasteiger charge is -2.26. The van der Waals surface area contributed by atoms with Gasteiger partial charge in [-0.05, 0) is 51.4 Å². The topological polar surface area (TPSA) is 55.3 Å². The zero-order valence-corrected chi connectivity index (χ0v) is 12.7. The van der Waals surface area contributed by atoms with Crippen LogP contribution >= 0.6 is 0 Å². The lowest BCUT2D eigenvalue weighted by Crippen LogP contribution is -2.40. The summed E-state index contributed by atoms with van der Waals surface area (Å²) in [7, 11) is 0. The van der Waals surface area contributed by atoms with Crippen molar-refractivity contribution in [2.75, 3.05) is 26.3 Å². The highest BCUT2D eigenvalue weighted by atomic mass is 16.5. The van der Waals surface area contributed by atoms with Gasteiger partial charge in [-0.3, -0.25) is 4.79 Å². The van der Waals surface area contributed by atoms with Gasteiger partial charge in [-0.2, -0.15) is 0 Å². The van der Waals surface area contributed by atoms with Gasteiger partial charge < -0.3 is 19.9 Å². The number of aromatic nitrogens is 1. The smallest absolute Gasteiger partial charge is 0.268 e. The first-order valence-electron chi connectivity index (χ1n) is 8.02. The van der Waals surface area contributed by atoms with Crippen molar-refractivity contribution in [1.82, 2.24) is 15.2 Å². The molecule has 3 rings (SSSR count). The molecule has 1 aromatic rings. The molecule has 2 fully saturated rings. The second-order valence-corrected chi connectivity index (χ2v) is 6.17. The van der Waals surface area contributed by atoms with Gasteiger partial charge in [-0.15, -0.1) is 0 Å². The van der Waals surface area contributed by atoms with E-state index in [9.17, 15) is 4.79 Å². The van der Waals surface area contributed by atoms with E-state index in [1.807, 2.05) is 18.3 Å². The first-order valence-corrected chi connectivity index (χ1v) is 8.02. The third kappa shape index (κ3) is 3.30. The monoisotopic (exact) mass is 291 g/mol. The average Bonchev–Trinajstić information content (AvgIpc) is 3.19. The number of nitrogens with zero attached hydrogens (tertiary/aromatic N) is 1. The van der Waals surface area contributed by atoms with Crippen LogP contribution in [0.25, 0.3) is 0 Å². The van der Waals surface area contributed by atoms with Crippen molar-refractivity contribution >= 4 is 5.91 Å². The van der Waals surface area contributed by atoms with Crippen LogP contribution < -0.4 is 10.6 Å². The molecular formula is C16H25N3O2. The van der Waals surface area contributed by atoms with Gasteiger partial charge in [0.2, 0.25) is 0 Å². The molecular weight excluding hydrogens is 266 g/mol. The van der Waals surface area contributed by atoms with Crippen LogP contribution in [0.2, 0.25) is 0 Å². The lowest BCUT2D eigenvalue weighted by molar-refractivity contribution is 0.0909. The molecule has 2 atom stereocenters. The minimum atomic E-state index is 0.0398. The molecule has 5 nitrogen and oxygen atoms in total. The number of ether oxygens (including phenoxy) is 1. The molecule has 1 amide bonds. The third-order valence-corrected chi connectivity index (χ3v) is 4.74. The van der Waals surface area contributed by atoms with E-state index in [1.165, 1.54) is 0 Å². The van der Waals surface area contributed by atoms with E-state index in [1.54, 1.807) is 0 Å². The fraction of sp³-hybridized carbons (Fsp3) is 0.688. The number of carbonyl (C=O) groups excluding carboxylic acids is 1. The van der Waals surface area contributed by atoms with E-state index in [0.717, 1.165) is 51.3 Å². The lowest BCUT2D eigenvalue weighted by atomic mass is 10.0.